The normalized spacial score (nSPS) is 11.7. The largest absolute Gasteiger partial charge is 0.325 e. The van der Waals surface area contributed by atoms with E-state index in [0.717, 1.165) is 11.0 Å². The molecule has 0 aromatic heterocycles. The second-order valence-corrected chi connectivity index (χ2v) is 12.8. The van der Waals surface area contributed by atoms with Crippen molar-refractivity contribution in [2.24, 2.45) is 0 Å². The van der Waals surface area contributed by atoms with E-state index in [2.05, 4.69) is 51.4 Å². The lowest BCUT2D eigenvalue weighted by molar-refractivity contribution is -0.903. The summed E-state index contributed by atoms with van der Waals surface area (Å²) in [5, 5.41) is 0. The summed E-state index contributed by atoms with van der Waals surface area (Å²) < 4.78 is 30.4. The zero-order chi connectivity index (χ0) is 28.0. The molecular weight excluding hydrogens is 490 g/mol. The first-order valence-electron chi connectivity index (χ1n) is 15.1. The molecule has 0 spiro atoms. The first-order chi connectivity index (χ1) is 18.2. The van der Waals surface area contributed by atoms with Crippen molar-refractivity contribution >= 4 is 10.1 Å². The molecule has 38 heavy (non-hydrogen) atoms. The van der Waals surface area contributed by atoms with Crippen molar-refractivity contribution in [2.75, 3.05) is 20.6 Å². The van der Waals surface area contributed by atoms with Crippen molar-refractivity contribution in [3.05, 3.63) is 66.2 Å². The molecule has 0 saturated heterocycles. The SMILES string of the molecule is CCCCCCCCCCCCCCCCCC[N+](C)(C)Cc1ccccc1.O=S(=O)(O)c1ccccc1. The Balaban J connectivity index is 0.000000600. The molecule has 0 unspecified atom stereocenters. The first-order valence-corrected chi connectivity index (χ1v) is 16.6. The lowest BCUT2D eigenvalue weighted by atomic mass is 10.0. The number of unbranched alkanes of at least 4 members (excludes halogenated alkanes) is 15. The zero-order valence-electron chi connectivity index (χ0n) is 24.6. The van der Waals surface area contributed by atoms with E-state index in [9.17, 15) is 8.42 Å². The number of quaternary nitrogens is 1. The highest BCUT2D eigenvalue weighted by Crippen LogP contribution is 2.15. The van der Waals surface area contributed by atoms with E-state index < -0.39 is 10.1 Å². The van der Waals surface area contributed by atoms with Crippen LogP contribution < -0.4 is 0 Å². The van der Waals surface area contributed by atoms with Crippen LogP contribution in [0.3, 0.4) is 0 Å². The Morgan fingerprint density at radius 2 is 0.947 bits per heavy atom. The van der Waals surface area contributed by atoms with Gasteiger partial charge in [-0.05, 0) is 25.0 Å². The molecule has 216 valence electrons. The highest BCUT2D eigenvalue weighted by molar-refractivity contribution is 7.85. The minimum atomic E-state index is -4.00. The highest BCUT2D eigenvalue weighted by atomic mass is 32.2. The number of hydrogen-bond donors (Lipinski definition) is 1. The van der Waals surface area contributed by atoms with E-state index in [0.29, 0.717) is 0 Å². The summed E-state index contributed by atoms with van der Waals surface area (Å²) in [7, 11) is 0.744. The molecular formula is C33H56NO3S+. The van der Waals surface area contributed by atoms with Gasteiger partial charge in [0.2, 0.25) is 0 Å². The summed E-state index contributed by atoms with van der Waals surface area (Å²) in [6, 6.07) is 18.4. The topological polar surface area (TPSA) is 54.4 Å². The van der Waals surface area contributed by atoms with Gasteiger partial charge in [0, 0.05) is 5.56 Å². The van der Waals surface area contributed by atoms with Crippen LogP contribution in [0, 0.1) is 0 Å². The predicted molar refractivity (Wildman–Crippen MR) is 163 cm³/mol. The average molecular weight is 547 g/mol. The van der Waals surface area contributed by atoms with Crippen LogP contribution in [-0.4, -0.2) is 38.1 Å². The van der Waals surface area contributed by atoms with Crippen molar-refractivity contribution in [1.29, 1.82) is 0 Å². The molecule has 4 nitrogen and oxygen atoms in total. The molecule has 0 aliphatic heterocycles. The average Bonchev–Trinajstić information content (AvgIpc) is 2.89. The van der Waals surface area contributed by atoms with Gasteiger partial charge >= 0.3 is 0 Å². The minimum absolute atomic E-state index is 0.0741. The van der Waals surface area contributed by atoms with E-state index in [1.165, 1.54) is 127 Å². The van der Waals surface area contributed by atoms with Gasteiger partial charge < -0.3 is 4.48 Å². The third-order valence-electron chi connectivity index (χ3n) is 7.11. The zero-order valence-corrected chi connectivity index (χ0v) is 25.4. The van der Waals surface area contributed by atoms with Gasteiger partial charge in [-0.25, -0.2) is 0 Å². The van der Waals surface area contributed by atoms with Crippen LogP contribution >= 0.6 is 0 Å². The minimum Gasteiger partial charge on any atom is -0.325 e. The van der Waals surface area contributed by atoms with Gasteiger partial charge in [0.05, 0.1) is 25.5 Å². The Morgan fingerprint density at radius 3 is 1.32 bits per heavy atom. The van der Waals surface area contributed by atoms with E-state index in [-0.39, 0.29) is 4.90 Å². The second-order valence-electron chi connectivity index (χ2n) is 11.4. The van der Waals surface area contributed by atoms with Crippen LogP contribution in [0.4, 0.5) is 0 Å². The maximum absolute atomic E-state index is 10.4. The van der Waals surface area contributed by atoms with Crippen molar-refractivity contribution < 1.29 is 17.5 Å². The third-order valence-corrected chi connectivity index (χ3v) is 7.98. The standard InChI is InChI=1S/C27H50N.C6H6O3S/c1-4-5-6-7-8-9-10-11-12-13-14-15-16-17-18-22-25-28(2,3)26-27-23-20-19-21-24-27;7-10(8,9)6-4-2-1-3-5-6/h19-21,23-24H,4-18,22,25-26H2,1-3H3;1-5H,(H,7,8,9)/q+1;. The van der Waals surface area contributed by atoms with Gasteiger partial charge in [0.25, 0.3) is 10.1 Å². The lowest BCUT2D eigenvalue weighted by Crippen LogP contribution is -2.39. The number of hydrogen-bond acceptors (Lipinski definition) is 2. The highest BCUT2D eigenvalue weighted by Gasteiger charge is 2.14. The fourth-order valence-corrected chi connectivity index (χ4v) is 5.34. The van der Waals surface area contributed by atoms with Crippen LogP contribution in [0.2, 0.25) is 0 Å². The summed E-state index contributed by atoms with van der Waals surface area (Å²) in [4.78, 5) is -0.0741. The fourth-order valence-electron chi connectivity index (χ4n) is 4.84. The molecule has 0 amide bonds. The molecule has 0 atom stereocenters. The van der Waals surface area contributed by atoms with E-state index >= 15 is 0 Å². The monoisotopic (exact) mass is 546 g/mol. The Labute approximate surface area is 235 Å². The van der Waals surface area contributed by atoms with Gasteiger partial charge in [-0.15, -0.1) is 0 Å². The Bertz CT molecular complexity index is 898. The molecule has 0 radical (unpaired) electrons. The number of nitrogens with zero attached hydrogens (tertiary/aromatic N) is 1. The van der Waals surface area contributed by atoms with Crippen LogP contribution in [0.25, 0.3) is 0 Å². The van der Waals surface area contributed by atoms with Gasteiger partial charge in [-0.2, -0.15) is 8.42 Å². The van der Waals surface area contributed by atoms with Crippen molar-refractivity contribution in [3.63, 3.8) is 0 Å². The van der Waals surface area contributed by atoms with Gasteiger partial charge in [-0.1, -0.05) is 145 Å². The molecule has 0 heterocycles. The summed E-state index contributed by atoms with van der Waals surface area (Å²) in [5.74, 6) is 0. The number of rotatable bonds is 20. The molecule has 0 saturated carbocycles. The fraction of sp³-hybridized carbons (Fsp3) is 0.636. The molecule has 1 N–H and O–H groups in total. The van der Waals surface area contributed by atoms with Crippen LogP contribution in [0.1, 0.15) is 115 Å². The van der Waals surface area contributed by atoms with Crippen molar-refractivity contribution in [3.8, 4) is 0 Å². The quantitative estimate of drug-likeness (QED) is 0.102. The molecule has 2 rings (SSSR count). The van der Waals surface area contributed by atoms with Crippen molar-refractivity contribution in [1.82, 2.24) is 0 Å². The second kappa shape index (κ2) is 21.2. The molecule has 0 aliphatic carbocycles. The molecule has 0 bridgehead atoms. The Kier molecular flexibility index (Phi) is 19.1. The van der Waals surface area contributed by atoms with E-state index in [1.807, 2.05) is 0 Å². The Hall–Kier alpha value is -1.69. The molecule has 5 heteroatoms. The number of benzene rings is 2. The van der Waals surface area contributed by atoms with Gasteiger partial charge in [-0.3, -0.25) is 4.55 Å². The van der Waals surface area contributed by atoms with E-state index in [1.54, 1.807) is 18.2 Å². The summed E-state index contributed by atoms with van der Waals surface area (Å²) in [6.07, 6.45) is 23.2. The molecule has 0 fully saturated rings. The Morgan fingerprint density at radius 1 is 0.579 bits per heavy atom. The maximum Gasteiger partial charge on any atom is 0.294 e. The van der Waals surface area contributed by atoms with Crippen molar-refractivity contribution in [2.45, 2.75) is 121 Å². The molecule has 0 aliphatic rings. The summed E-state index contributed by atoms with van der Waals surface area (Å²) >= 11 is 0. The predicted octanol–water partition coefficient (Wildman–Crippen LogP) is 9.46. The van der Waals surface area contributed by atoms with Crippen LogP contribution in [0.15, 0.2) is 65.6 Å². The van der Waals surface area contributed by atoms with Crippen LogP contribution in [-0.2, 0) is 16.7 Å². The smallest absolute Gasteiger partial charge is 0.294 e. The molecule has 2 aromatic rings. The van der Waals surface area contributed by atoms with Gasteiger partial charge in [0.15, 0.2) is 0 Å². The summed E-state index contributed by atoms with van der Waals surface area (Å²) in [5.41, 5.74) is 1.46. The third kappa shape index (κ3) is 19.4. The lowest BCUT2D eigenvalue weighted by Gasteiger charge is -2.30. The molecule has 2 aromatic carbocycles. The van der Waals surface area contributed by atoms with Crippen LogP contribution in [0.5, 0.6) is 0 Å². The first kappa shape index (κ1) is 34.3. The maximum atomic E-state index is 10.4. The van der Waals surface area contributed by atoms with Gasteiger partial charge in [0.1, 0.15) is 6.54 Å². The van der Waals surface area contributed by atoms with E-state index in [4.69, 9.17) is 4.55 Å². The summed E-state index contributed by atoms with van der Waals surface area (Å²) in [6.45, 7) is 4.75.